The Kier molecular flexibility index (Phi) is 5.24. The van der Waals surface area contributed by atoms with E-state index in [1.54, 1.807) is 0 Å². The van der Waals surface area contributed by atoms with Crippen molar-refractivity contribution < 1.29 is 19.1 Å². The first-order valence-electron chi connectivity index (χ1n) is 11.0. The second-order valence-corrected chi connectivity index (χ2v) is 9.06. The minimum atomic E-state index is -0.180. The van der Waals surface area contributed by atoms with Crippen LogP contribution in [0.5, 0.6) is 5.75 Å². The van der Waals surface area contributed by atoms with Crippen molar-refractivity contribution in [3.63, 3.8) is 0 Å². The number of esters is 2. The van der Waals surface area contributed by atoms with E-state index in [9.17, 15) is 9.59 Å². The third-order valence-electron chi connectivity index (χ3n) is 7.69. The van der Waals surface area contributed by atoms with E-state index in [0.717, 1.165) is 25.7 Å². The molecule has 152 valence electrons. The Balaban J connectivity index is 1.54. The quantitative estimate of drug-likeness (QED) is 0.530. The molecular formula is C24H32O4. The van der Waals surface area contributed by atoms with Crippen molar-refractivity contribution in [2.75, 3.05) is 0 Å². The molecule has 3 aliphatic carbocycles. The number of hydrogen-bond donors (Lipinski definition) is 0. The summed E-state index contributed by atoms with van der Waals surface area (Å²) in [6, 6.07) is 6.23. The molecule has 0 spiro atoms. The summed E-state index contributed by atoms with van der Waals surface area (Å²) < 4.78 is 11.3. The van der Waals surface area contributed by atoms with Gasteiger partial charge >= 0.3 is 11.9 Å². The van der Waals surface area contributed by atoms with Gasteiger partial charge in [-0.2, -0.15) is 0 Å². The number of hydrogen-bond acceptors (Lipinski definition) is 4. The van der Waals surface area contributed by atoms with Crippen LogP contribution in [0.15, 0.2) is 18.2 Å². The first-order chi connectivity index (χ1) is 13.5. The van der Waals surface area contributed by atoms with Gasteiger partial charge < -0.3 is 9.47 Å². The molecule has 0 saturated heterocycles. The Morgan fingerprint density at radius 2 is 1.86 bits per heavy atom. The Morgan fingerprint density at radius 3 is 2.61 bits per heavy atom. The van der Waals surface area contributed by atoms with E-state index in [2.05, 4.69) is 19.1 Å². The minimum absolute atomic E-state index is 0.0582. The summed E-state index contributed by atoms with van der Waals surface area (Å²) in [7, 11) is 0. The summed E-state index contributed by atoms with van der Waals surface area (Å²) in [4.78, 5) is 23.5. The highest BCUT2D eigenvalue weighted by atomic mass is 16.5. The number of carbonyl (C=O) groups excluding carboxylic acids is 2. The maximum atomic E-state index is 11.9. The number of rotatable bonds is 4. The molecule has 0 radical (unpaired) electrons. The lowest BCUT2D eigenvalue weighted by Crippen LogP contribution is -2.45. The number of carbonyl (C=O) groups is 2. The lowest BCUT2D eigenvalue weighted by molar-refractivity contribution is -0.157. The molecule has 1 aromatic carbocycles. The van der Waals surface area contributed by atoms with Crippen LogP contribution in [-0.2, 0) is 20.7 Å². The molecule has 3 aliphatic rings. The largest absolute Gasteiger partial charge is 0.462 e. The minimum Gasteiger partial charge on any atom is -0.462 e. The predicted octanol–water partition coefficient (Wildman–Crippen LogP) is 5.18. The van der Waals surface area contributed by atoms with Crippen molar-refractivity contribution in [3.05, 3.63) is 29.3 Å². The van der Waals surface area contributed by atoms with Crippen LogP contribution in [0.25, 0.3) is 0 Å². The predicted molar refractivity (Wildman–Crippen MR) is 107 cm³/mol. The average molecular weight is 385 g/mol. The molecule has 5 atom stereocenters. The molecule has 0 N–H and O–H groups in total. The summed E-state index contributed by atoms with van der Waals surface area (Å²) in [5.74, 6) is 2.32. The van der Waals surface area contributed by atoms with E-state index in [0.29, 0.717) is 36.3 Å². The molecule has 2 saturated carbocycles. The van der Waals surface area contributed by atoms with Gasteiger partial charge in [-0.15, -0.1) is 0 Å². The summed E-state index contributed by atoms with van der Waals surface area (Å²) >= 11 is 0. The molecule has 0 bridgehead atoms. The molecule has 28 heavy (non-hydrogen) atoms. The van der Waals surface area contributed by atoms with Gasteiger partial charge in [0.05, 0.1) is 0 Å². The molecule has 4 nitrogen and oxygen atoms in total. The first-order valence-corrected chi connectivity index (χ1v) is 11.0. The maximum absolute atomic E-state index is 11.9. The molecule has 1 aromatic rings. The zero-order chi connectivity index (χ0) is 19.9. The van der Waals surface area contributed by atoms with Crippen LogP contribution >= 0.6 is 0 Å². The molecular weight excluding hydrogens is 352 g/mol. The Bertz CT molecular complexity index is 770. The van der Waals surface area contributed by atoms with Gasteiger partial charge in [0, 0.05) is 18.3 Å². The van der Waals surface area contributed by atoms with E-state index in [-0.39, 0.29) is 23.5 Å². The molecule has 0 unspecified atom stereocenters. The van der Waals surface area contributed by atoms with E-state index in [4.69, 9.17) is 9.47 Å². The number of benzene rings is 1. The summed E-state index contributed by atoms with van der Waals surface area (Å²) in [6.07, 6.45) is 7.61. The van der Waals surface area contributed by atoms with E-state index in [1.165, 1.54) is 24.0 Å². The zero-order valence-corrected chi connectivity index (χ0v) is 17.3. The van der Waals surface area contributed by atoms with Gasteiger partial charge in [-0.1, -0.05) is 26.8 Å². The second kappa shape index (κ2) is 7.53. The van der Waals surface area contributed by atoms with Crippen LogP contribution in [0.2, 0.25) is 0 Å². The van der Waals surface area contributed by atoms with Gasteiger partial charge in [0.15, 0.2) is 0 Å². The molecule has 2 fully saturated rings. The highest BCUT2D eigenvalue weighted by Crippen LogP contribution is 2.61. The van der Waals surface area contributed by atoms with Gasteiger partial charge in [0.1, 0.15) is 11.9 Å². The summed E-state index contributed by atoms with van der Waals surface area (Å²) in [5, 5.41) is 0. The second-order valence-electron chi connectivity index (χ2n) is 9.06. The highest BCUT2D eigenvalue weighted by molar-refractivity contribution is 5.72. The molecule has 4 heteroatoms. The van der Waals surface area contributed by atoms with E-state index < -0.39 is 0 Å². The number of fused-ring (bicyclic) bond motifs is 5. The lowest BCUT2D eigenvalue weighted by Gasteiger charge is -2.50. The fourth-order valence-corrected chi connectivity index (χ4v) is 6.21. The van der Waals surface area contributed by atoms with Crippen molar-refractivity contribution in [2.45, 2.75) is 84.2 Å². The van der Waals surface area contributed by atoms with Crippen molar-refractivity contribution in [3.8, 4) is 5.75 Å². The smallest absolute Gasteiger partial charge is 0.310 e. The van der Waals surface area contributed by atoms with Crippen molar-refractivity contribution in [1.29, 1.82) is 0 Å². The summed E-state index contributed by atoms with van der Waals surface area (Å²) in [6.45, 7) is 6.05. The summed E-state index contributed by atoms with van der Waals surface area (Å²) in [5.41, 5.74) is 2.92. The van der Waals surface area contributed by atoms with Gasteiger partial charge in [0.25, 0.3) is 0 Å². The molecule has 0 aromatic heterocycles. The van der Waals surface area contributed by atoms with Crippen LogP contribution in [-0.4, -0.2) is 18.0 Å². The lowest BCUT2D eigenvalue weighted by atomic mass is 9.55. The highest BCUT2D eigenvalue weighted by Gasteiger charge is 2.56. The standard InChI is InChI=1S/C24H32O4/c1-4-22(25)27-16-7-9-17-15(14-16)6-8-19-18(17)12-13-24(3)20(19)10-11-21(24)28-23(26)5-2/h7,9,14,18-21H,4-6,8,10-13H2,1-3H3/t18-,19-,20+,21+,24+/m1/s1. The van der Waals surface area contributed by atoms with Crippen molar-refractivity contribution in [1.82, 2.24) is 0 Å². The van der Waals surface area contributed by atoms with Gasteiger partial charge in [-0.3, -0.25) is 9.59 Å². The van der Waals surface area contributed by atoms with E-state index in [1.807, 2.05) is 19.9 Å². The van der Waals surface area contributed by atoms with Gasteiger partial charge in [0.2, 0.25) is 0 Å². The molecule has 0 aliphatic heterocycles. The molecule has 0 heterocycles. The van der Waals surface area contributed by atoms with E-state index >= 15 is 0 Å². The fourth-order valence-electron chi connectivity index (χ4n) is 6.21. The van der Waals surface area contributed by atoms with Crippen LogP contribution in [0.1, 0.15) is 82.8 Å². The maximum Gasteiger partial charge on any atom is 0.310 e. The van der Waals surface area contributed by atoms with Crippen LogP contribution in [0.4, 0.5) is 0 Å². The third-order valence-corrected chi connectivity index (χ3v) is 7.69. The Morgan fingerprint density at radius 1 is 1.07 bits per heavy atom. The SMILES string of the molecule is CCC(=O)Oc1ccc2c(c1)CC[C@@H]1[C@@H]2CC[C@]2(C)[C@@H](OC(=O)CC)CC[C@@H]12. The van der Waals surface area contributed by atoms with Crippen molar-refractivity contribution >= 4 is 11.9 Å². The zero-order valence-electron chi connectivity index (χ0n) is 17.3. The molecule has 0 amide bonds. The topological polar surface area (TPSA) is 52.6 Å². The Hall–Kier alpha value is -1.84. The molecule has 4 rings (SSSR count). The Labute approximate surface area is 168 Å². The van der Waals surface area contributed by atoms with Gasteiger partial charge in [-0.05, 0) is 79.5 Å². The normalized spacial score (nSPS) is 33.4. The van der Waals surface area contributed by atoms with Gasteiger partial charge in [-0.25, -0.2) is 0 Å². The number of ether oxygens (including phenoxy) is 2. The number of aryl methyl sites for hydroxylation is 1. The van der Waals surface area contributed by atoms with Crippen LogP contribution in [0.3, 0.4) is 0 Å². The first kappa shape index (κ1) is 19.5. The van der Waals surface area contributed by atoms with Crippen molar-refractivity contribution in [2.24, 2.45) is 17.3 Å². The average Bonchev–Trinajstić information content (AvgIpc) is 3.03. The fraction of sp³-hybridized carbons (Fsp3) is 0.667. The monoisotopic (exact) mass is 384 g/mol. The van der Waals surface area contributed by atoms with Crippen LogP contribution in [0, 0.1) is 17.3 Å². The third kappa shape index (κ3) is 3.25. The van der Waals surface area contributed by atoms with Crippen LogP contribution < -0.4 is 4.74 Å².